The molecule has 2 rings (SSSR count). The largest absolute Gasteiger partial charge is 0.360 e. The van der Waals surface area contributed by atoms with Crippen molar-refractivity contribution in [2.75, 3.05) is 0 Å². The van der Waals surface area contributed by atoms with E-state index in [1.807, 2.05) is 0 Å². The van der Waals surface area contributed by atoms with Crippen LogP contribution in [0.3, 0.4) is 0 Å². The summed E-state index contributed by atoms with van der Waals surface area (Å²) in [6.07, 6.45) is 3.24. The predicted octanol–water partition coefficient (Wildman–Crippen LogP) is 2.05. The molecule has 2 aromatic rings. The number of azo groups is 1. The van der Waals surface area contributed by atoms with Crippen molar-refractivity contribution in [2.45, 2.75) is 13.1 Å². The van der Waals surface area contributed by atoms with Gasteiger partial charge in [0.2, 0.25) is 0 Å². The molecule has 0 atom stereocenters. The highest BCUT2D eigenvalue weighted by Crippen LogP contribution is 1.94. The molecule has 0 aromatic carbocycles. The lowest BCUT2D eigenvalue weighted by Crippen LogP contribution is -2.22. The number of hydrogen-bond donors (Lipinski definition) is 2. The van der Waals surface area contributed by atoms with Crippen molar-refractivity contribution in [3.05, 3.63) is 60.2 Å². The molecule has 2 aromatic heterocycles. The van der Waals surface area contributed by atoms with E-state index in [2.05, 4.69) is 30.8 Å². The molecular weight excluding hydrogens is 284 g/mol. The third-order valence-corrected chi connectivity index (χ3v) is 2.53. The molecule has 0 saturated heterocycles. The van der Waals surface area contributed by atoms with Gasteiger partial charge in [0.25, 0.3) is 0 Å². The second-order valence-electron chi connectivity index (χ2n) is 4.16. The van der Waals surface area contributed by atoms with Crippen LogP contribution in [0.4, 0.5) is 9.59 Å². The fourth-order valence-electron chi connectivity index (χ4n) is 1.50. The Hall–Kier alpha value is -3.16. The van der Waals surface area contributed by atoms with E-state index in [1.54, 1.807) is 48.8 Å². The van der Waals surface area contributed by atoms with Crippen LogP contribution in [-0.2, 0) is 13.1 Å². The highest BCUT2D eigenvalue weighted by Gasteiger charge is 2.02. The number of pyridine rings is 2. The minimum absolute atomic E-state index is 0.217. The van der Waals surface area contributed by atoms with E-state index < -0.39 is 12.1 Å². The van der Waals surface area contributed by atoms with Crippen LogP contribution in [0.5, 0.6) is 0 Å². The maximum atomic E-state index is 11.4. The van der Waals surface area contributed by atoms with E-state index in [4.69, 9.17) is 0 Å². The molecule has 0 aliphatic carbocycles. The average molecular weight is 298 g/mol. The molecule has 2 heterocycles. The highest BCUT2D eigenvalue weighted by atomic mass is 16.2. The zero-order valence-corrected chi connectivity index (χ0v) is 11.6. The van der Waals surface area contributed by atoms with Gasteiger partial charge in [-0.05, 0) is 24.3 Å². The van der Waals surface area contributed by atoms with Crippen LogP contribution in [0, 0.1) is 0 Å². The van der Waals surface area contributed by atoms with E-state index in [0.717, 1.165) is 0 Å². The minimum atomic E-state index is -0.710. The molecule has 112 valence electrons. The first kappa shape index (κ1) is 15.2. The third kappa shape index (κ3) is 5.45. The van der Waals surface area contributed by atoms with E-state index >= 15 is 0 Å². The summed E-state index contributed by atoms with van der Waals surface area (Å²) in [5, 5.41) is 11.5. The molecule has 8 nitrogen and oxygen atoms in total. The number of nitrogens with one attached hydrogen (secondary N) is 2. The summed E-state index contributed by atoms with van der Waals surface area (Å²) in [6, 6.07) is 9.27. The lowest BCUT2D eigenvalue weighted by molar-refractivity contribution is 0.240. The van der Waals surface area contributed by atoms with Crippen LogP contribution >= 0.6 is 0 Å². The van der Waals surface area contributed by atoms with Gasteiger partial charge in [-0.3, -0.25) is 9.97 Å². The van der Waals surface area contributed by atoms with Crippen molar-refractivity contribution in [3.63, 3.8) is 0 Å². The van der Waals surface area contributed by atoms with Gasteiger partial charge in [0.15, 0.2) is 0 Å². The Morgan fingerprint density at radius 1 is 0.818 bits per heavy atom. The molecule has 0 unspecified atom stereocenters. The van der Waals surface area contributed by atoms with Crippen molar-refractivity contribution in [1.29, 1.82) is 0 Å². The molecule has 0 bridgehead atoms. The van der Waals surface area contributed by atoms with Gasteiger partial charge in [-0.15, -0.1) is 0 Å². The van der Waals surface area contributed by atoms with Crippen LogP contribution in [-0.4, -0.2) is 22.0 Å². The first-order chi connectivity index (χ1) is 10.7. The smallest absolute Gasteiger partial charge is 0.329 e. The van der Waals surface area contributed by atoms with Crippen molar-refractivity contribution in [3.8, 4) is 0 Å². The zero-order chi connectivity index (χ0) is 15.6. The lowest BCUT2D eigenvalue weighted by Gasteiger charge is -2.00. The molecule has 22 heavy (non-hydrogen) atoms. The summed E-state index contributed by atoms with van der Waals surface area (Å²) in [5.74, 6) is 0. The highest BCUT2D eigenvalue weighted by molar-refractivity contribution is 5.79. The maximum absolute atomic E-state index is 11.4. The Morgan fingerprint density at radius 3 is 1.64 bits per heavy atom. The second-order valence-corrected chi connectivity index (χ2v) is 4.16. The van der Waals surface area contributed by atoms with Gasteiger partial charge in [-0.1, -0.05) is 22.4 Å². The summed E-state index contributed by atoms with van der Waals surface area (Å²) >= 11 is 0. The maximum Gasteiger partial charge on any atom is 0.360 e. The minimum Gasteiger partial charge on any atom is -0.329 e. The van der Waals surface area contributed by atoms with E-state index in [-0.39, 0.29) is 13.1 Å². The van der Waals surface area contributed by atoms with E-state index in [9.17, 15) is 9.59 Å². The van der Waals surface area contributed by atoms with Gasteiger partial charge in [-0.25, -0.2) is 9.59 Å². The van der Waals surface area contributed by atoms with Crippen molar-refractivity contribution in [1.82, 2.24) is 20.6 Å². The molecule has 0 aliphatic rings. The van der Waals surface area contributed by atoms with E-state index in [0.29, 0.717) is 11.4 Å². The first-order valence-electron chi connectivity index (χ1n) is 6.51. The summed E-state index contributed by atoms with van der Waals surface area (Å²) in [7, 11) is 0. The van der Waals surface area contributed by atoms with Crippen LogP contribution in [0.25, 0.3) is 0 Å². The number of nitrogens with zero attached hydrogens (tertiary/aromatic N) is 4. The van der Waals surface area contributed by atoms with Crippen molar-refractivity contribution < 1.29 is 9.59 Å². The topological polar surface area (TPSA) is 109 Å². The first-order valence-corrected chi connectivity index (χ1v) is 6.51. The van der Waals surface area contributed by atoms with Gasteiger partial charge in [-0.2, -0.15) is 0 Å². The van der Waals surface area contributed by atoms with Crippen LogP contribution in [0.2, 0.25) is 0 Å². The number of hydrogen-bond acceptors (Lipinski definition) is 4. The monoisotopic (exact) mass is 298 g/mol. The average Bonchev–Trinajstić information content (AvgIpc) is 2.58. The Bertz CT molecular complexity index is 587. The number of carbonyl (C=O) groups is 2. The van der Waals surface area contributed by atoms with Gasteiger partial charge in [0.1, 0.15) is 0 Å². The zero-order valence-electron chi connectivity index (χ0n) is 11.6. The number of amides is 4. The normalized spacial score (nSPS) is 10.4. The summed E-state index contributed by atoms with van der Waals surface area (Å²) in [5.41, 5.74) is 1.37. The van der Waals surface area contributed by atoms with Crippen LogP contribution in [0.1, 0.15) is 11.4 Å². The standard InChI is InChI=1S/C14H14N6O2/c21-13(17-9-11-5-1-3-7-15-11)19-20-14(22)18-10-12-6-2-4-8-16-12/h1-8H,9-10H2,(H,17,21)(H,18,22). The van der Waals surface area contributed by atoms with Gasteiger partial charge in [0, 0.05) is 12.4 Å². The number of rotatable bonds is 4. The molecule has 8 heteroatoms. The van der Waals surface area contributed by atoms with Gasteiger partial charge < -0.3 is 10.6 Å². The molecule has 4 amide bonds. The molecular formula is C14H14N6O2. The molecule has 2 N–H and O–H groups in total. The molecule has 0 aliphatic heterocycles. The Kier molecular flexibility index (Phi) is 5.68. The fraction of sp³-hybridized carbons (Fsp3) is 0.143. The summed E-state index contributed by atoms with van der Waals surface area (Å²) < 4.78 is 0. The Labute approximate surface area is 126 Å². The molecule has 0 radical (unpaired) electrons. The third-order valence-electron chi connectivity index (χ3n) is 2.53. The summed E-state index contributed by atoms with van der Waals surface area (Å²) in [6.45, 7) is 0.433. The van der Waals surface area contributed by atoms with Crippen molar-refractivity contribution >= 4 is 12.1 Å². The predicted molar refractivity (Wildman–Crippen MR) is 77.8 cm³/mol. The van der Waals surface area contributed by atoms with Gasteiger partial charge in [0.05, 0.1) is 24.5 Å². The molecule has 0 spiro atoms. The second kappa shape index (κ2) is 8.20. The van der Waals surface area contributed by atoms with E-state index in [1.165, 1.54) is 0 Å². The quantitative estimate of drug-likeness (QED) is 0.842. The number of aromatic nitrogens is 2. The Balaban J connectivity index is 1.71. The summed E-state index contributed by atoms with van der Waals surface area (Å²) in [4.78, 5) is 30.9. The Morgan fingerprint density at radius 2 is 1.27 bits per heavy atom. The van der Waals surface area contributed by atoms with Gasteiger partial charge >= 0.3 is 12.1 Å². The number of carbonyl (C=O) groups excluding carboxylic acids is 2. The number of urea groups is 2. The van der Waals surface area contributed by atoms with Crippen LogP contribution < -0.4 is 10.6 Å². The molecule has 0 fully saturated rings. The fourth-order valence-corrected chi connectivity index (χ4v) is 1.50. The molecule has 0 saturated carbocycles. The SMILES string of the molecule is O=C(N=NC(=O)NCc1ccccn1)NCc1ccccn1. The lowest BCUT2D eigenvalue weighted by atomic mass is 10.3. The van der Waals surface area contributed by atoms with Crippen LogP contribution in [0.15, 0.2) is 59.0 Å². The van der Waals surface area contributed by atoms with Crippen molar-refractivity contribution in [2.24, 2.45) is 10.2 Å².